The Balaban J connectivity index is 2.37. The molecule has 0 radical (unpaired) electrons. The Kier molecular flexibility index (Phi) is 6.22. The minimum absolute atomic E-state index is 0.0600. The predicted molar refractivity (Wildman–Crippen MR) is 99.7 cm³/mol. The molecule has 1 N–H and O–H groups in total. The first-order valence-electron chi connectivity index (χ1n) is 7.89. The van der Waals surface area contributed by atoms with E-state index in [1.165, 1.54) is 31.2 Å². The Bertz CT molecular complexity index is 972. The van der Waals surface area contributed by atoms with E-state index in [0.717, 1.165) is 0 Å². The van der Waals surface area contributed by atoms with Crippen LogP contribution < -0.4 is 4.72 Å². The van der Waals surface area contributed by atoms with Crippen LogP contribution >= 0.6 is 0 Å². The average Bonchev–Trinajstić information content (AvgIpc) is 2.62. The lowest BCUT2D eigenvalue weighted by Crippen LogP contribution is -2.29. The molecule has 0 saturated heterocycles. The Morgan fingerprint density at radius 2 is 1.65 bits per heavy atom. The maximum absolute atomic E-state index is 12.1. The van der Waals surface area contributed by atoms with Crippen molar-refractivity contribution in [3.63, 3.8) is 0 Å². The number of hydrogen-bond donors (Lipinski definition) is 1. The minimum atomic E-state index is -3.93. The van der Waals surface area contributed by atoms with Crippen molar-refractivity contribution in [1.82, 2.24) is 4.72 Å². The van der Waals surface area contributed by atoms with Gasteiger partial charge in [0, 0.05) is 6.42 Å². The molecule has 2 aromatic rings. The van der Waals surface area contributed by atoms with Gasteiger partial charge in [-0.1, -0.05) is 37.3 Å². The summed E-state index contributed by atoms with van der Waals surface area (Å²) in [6, 6.07) is 14.7. The van der Waals surface area contributed by atoms with Crippen LogP contribution in [-0.4, -0.2) is 26.0 Å². The molecule has 6 nitrogen and oxygen atoms in total. The summed E-state index contributed by atoms with van der Waals surface area (Å²) in [4.78, 5) is 27.3. The summed E-state index contributed by atoms with van der Waals surface area (Å²) >= 11 is 0. The van der Waals surface area contributed by atoms with Gasteiger partial charge in [-0.25, -0.2) is 18.1 Å². The second-order valence-corrected chi connectivity index (χ2v) is 7.08. The molecule has 0 aliphatic heterocycles. The number of benzene rings is 2. The molecule has 0 aliphatic carbocycles. The first kappa shape index (κ1) is 19.3. The molecule has 26 heavy (non-hydrogen) atoms. The van der Waals surface area contributed by atoms with Gasteiger partial charge in [0.2, 0.25) is 5.91 Å². The van der Waals surface area contributed by atoms with Crippen molar-refractivity contribution in [2.45, 2.75) is 25.2 Å². The number of nitrogens with zero attached hydrogens (tertiary/aromatic N) is 1. The highest BCUT2D eigenvalue weighted by atomic mass is 32.2. The molecule has 0 unspecified atom stereocenters. The molecule has 2 rings (SSSR count). The number of hydrogen-bond acceptors (Lipinski definition) is 5. The lowest BCUT2D eigenvalue weighted by atomic mass is 10.0. The molecule has 7 heteroatoms. The van der Waals surface area contributed by atoms with Crippen LogP contribution in [0, 0.1) is 0 Å². The molecule has 0 aromatic heterocycles. The molecular formula is C19H18N2O4S. The Hall–Kier alpha value is -3.02. The summed E-state index contributed by atoms with van der Waals surface area (Å²) in [6.45, 7) is 2.94. The number of carbonyl (C=O) groups is 2. The van der Waals surface area contributed by atoms with Gasteiger partial charge in [0.05, 0.1) is 16.2 Å². The summed E-state index contributed by atoms with van der Waals surface area (Å²) in [6.07, 6.45) is 0.0600. The number of amides is 1. The van der Waals surface area contributed by atoms with Gasteiger partial charge >= 0.3 is 0 Å². The molecule has 1 amide bonds. The van der Waals surface area contributed by atoms with E-state index in [1.54, 1.807) is 19.1 Å². The van der Waals surface area contributed by atoms with Crippen molar-refractivity contribution in [2.75, 3.05) is 0 Å². The topological polar surface area (TPSA) is 92.7 Å². The zero-order valence-electron chi connectivity index (χ0n) is 14.4. The summed E-state index contributed by atoms with van der Waals surface area (Å²) < 4.78 is 26.1. The van der Waals surface area contributed by atoms with Crippen LogP contribution in [-0.2, 0) is 19.6 Å². The first-order valence-corrected chi connectivity index (χ1v) is 9.37. The molecule has 0 heterocycles. The SMILES string of the molecule is CCC(=O)NS(=O)(=O)c1ccc(C(=C=Nc2ccccc2)C(C)=O)cc1. The molecule has 0 atom stereocenters. The number of allylic oxidation sites excluding steroid dienone is 1. The number of sulfonamides is 1. The summed E-state index contributed by atoms with van der Waals surface area (Å²) in [5.74, 6) is 1.88. The zero-order valence-corrected chi connectivity index (χ0v) is 15.2. The van der Waals surface area contributed by atoms with Gasteiger partial charge in [0.15, 0.2) is 5.78 Å². The number of rotatable bonds is 6. The van der Waals surface area contributed by atoms with Gasteiger partial charge in [-0.2, -0.15) is 0 Å². The van der Waals surface area contributed by atoms with Crippen molar-refractivity contribution in [2.24, 2.45) is 4.99 Å². The minimum Gasteiger partial charge on any atom is -0.294 e. The second kappa shape index (κ2) is 8.38. The van der Waals surface area contributed by atoms with Crippen LogP contribution in [0.15, 0.2) is 64.5 Å². The smallest absolute Gasteiger partial charge is 0.264 e. The molecule has 2 aromatic carbocycles. The number of nitrogens with one attached hydrogen (secondary N) is 1. The fraction of sp³-hybridized carbons (Fsp3) is 0.158. The normalized spacial score (nSPS) is 10.5. The monoisotopic (exact) mass is 370 g/mol. The number of para-hydroxylation sites is 1. The van der Waals surface area contributed by atoms with Crippen LogP contribution in [0.4, 0.5) is 5.69 Å². The van der Waals surface area contributed by atoms with Crippen LogP contribution in [0.25, 0.3) is 5.57 Å². The van der Waals surface area contributed by atoms with Crippen molar-refractivity contribution >= 4 is 38.8 Å². The molecule has 0 bridgehead atoms. The number of aliphatic imine (C=N–C) groups is 1. The van der Waals surface area contributed by atoms with Gasteiger partial charge in [0.1, 0.15) is 0 Å². The van der Waals surface area contributed by atoms with E-state index >= 15 is 0 Å². The number of ketones is 1. The van der Waals surface area contributed by atoms with Gasteiger partial charge in [-0.3, -0.25) is 9.59 Å². The van der Waals surface area contributed by atoms with E-state index in [0.29, 0.717) is 11.3 Å². The van der Waals surface area contributed by atoms with Crippen molar-refractivity contribution in [1.29, 1.82) is 0 Å². The van der Waals surface area contributed by atoms with E-state index < -0.39 is 15.9 Å². The van der Waals surface area contributed by atoms with Gasteiger partial charge in [-0.15, -0.1) is 0 Å². The van der Waals surface area contributed by atoms with Gasteiger partial charge in [-0.05, 0) is 42.6 Å². The number of carbonyl (C=O) groups excluding carboxylic acids is 2. The molecule has 0 spiro atoms. The van der Waals surface area contributed by atoms with Crippen molar-refractivity contribution < 1.29 is 18.0 Å². The van der Waals surface area contributed by atoms with E-state index in [9.17, 15) is 18.0 Å². The highest BCUT2D eigenvalue weighted by Crippen LogP contribution is 2.17. The molecule has 0 fully saturated rings. The third-order valence-corrected chi connectivity index (χ3v) is 4.82. The second-order valence-electron chi connectivity index (χ2n) is 5.40. The van der Waals surface area contributed by atoms with Crippen molar-refractivity contribution in [3.05, 3.63) is 60.2 Å². The van der Waals surface area contributed by atoms with Crippen LogP contribution in [0.2, 0.25) is 0 Å². The fourth-order valence-electron chi connectivity index (χ4n) is 2.05. The van der Waals surface area contributed by atoms with Crippen LogP contribution in [0.3, 0.4) is 0 Å². The van der Waals surface area contributed by atoms with Gasteiger partial charge in [0.25, 0.3) is 10.0 Å². The third-order valence-electron chi connectivity index (χ3n) is 3.43. The third kappa shape index (κ3) is 4.99. The first-order chi connectivity index (χ1) is 12.3. The highest BCUT2D eigenvalue weighted by molar-refractivity contribution is 7.90. The Labute approximate surface area is 152 Å². The standard InChI is InChI=1S/C19H18N2O4S/c1-3-19(23)21-26(24,25)17-11-9-15(10-12-17)18(14(2)22)13-20-16-7-5-4-6-8-16/h4-12H,3H2,1-2H3,(H,21,23). The largest absolute Gasteiger partial charge is 0.294 e. The highest BCUT2D eigenvalue weighted by Gasteiger charge is 2.17. The van der Waals surface area contributed by atoms with Crippen LogP contribution in [0.5, 0.6) is 0 Å². The lowest BCUT2D eigenvalue weighted by Gasteiger charge is -2.07. The van der Waals surface area contributed by atoms with Crippen LogP contribution in [0.1, 0.15) is 25.8 Å². The quantitative estimate of drug-likeness (QED) is 0.625. The van der Waals surface area contributed by atoms with E-state index in [2.05, 4.69) is 10.9 Å². The van der Waals surface area contributed by atoms with Gasteiger partial charge < -0.3 is 0 Å². The lowest BCUT2D eigenvalue weighted by molar-refractivity contribution is -0.119. The number of Topliss-reactive ketones (excluding diaryl/α,β-unsaturated/α-hetero) is 1. The Morgan fingerprint density at radius 3 is 2.19 bits per heavy atom. The van der Waals surface area contributed by atoms with E-state index in [-0.39, 0.29) is 22.7 Å². The van der Waals surface area contributed by atoms with Crippen molar-refractivity contribution in [3.8, 4) is 0 Å². The predicted octanol–water partition coefficient (Wildman–Crippen LogP) is 2.88. The van der Waals surface area contributed by atoms with E-state index in [4.69, 9.17) is 0 Å². The maximum atomic E-state index is 12.1. The summed E-state index contributed by atoms with van der Waals surface area (Å²) in [5.41, 5.74) is 1.36. The van der Waals surface area contributed by atoms with E-state index in [1.807, 2.05) is 22.9 Å². The summed E-state index contributed by atoms with van der Waals surface area (Å²) in [5, 5.41) is 0. The molecular weight excluding hydrogens is 352 g/mol. The molecule has 134 valence electrons. The summed E-state index contributed by atoms with van der Waals surface area (Å²) in [7, 11) is -3.93. The molecule has 0 saturated carbocycles. The maximum Gasteiger partial charge on any atom is 0.264 e. The molecule has 0 aliphatic rings. The fourth-order valence-corrected chi connectivity index (χ4v) is 3.11. The zero-order chi connectivity index (χ0) is 19.2. The average molecular weight is 370 g/mol. The Morgan fingerprint density at radius 1 is 1.04 bits per heavy atom.